The molecule has 4 rings (SSSR count). The van der Waals surface area contributed by atoms with Gasteiger partial charge in [-0.1, -0.05) is 72.2 Å². The van der Waals surface area contributed by atoms with Crippen LogP contribution < -0.4 is 21.7 Å². The van der Waals surface area contributed by atoms with Crippen molar-refractivity contribution in [3.05, 3.63) is 133 Å². The Hall–Kier alpha value is -4.72. The third kappa shape index (κ3) is 17.4. The fraction of sp³-hybridized carbons (Fsp3) is 0.0667. The zero-order chi connectivity index (χ0) is 28.2. The van der Waals surface area contributed by atoms with Crippen LogP contribution in [0.2, 0.25) is 0 Å². The molecule has 201 valence electrons. The first kappa shape index (κ1) is 34.3. The molecular weight excluding hydrogens is 535 g/mol. The molecule has 0 atom stereocenters. The summed E-state index contributed by atoms with van der Waals surface area (Å²) in [6.07, 6.45) is 8.79. The molecule has 0 aliphatic rings. The number of pyridine rings is 2. The van der Waals surface area contributed by atoms with Gasteiger partial charge in [0.05, 0.1) is 11.4 Å². The van der Waals surface area contributed by atoms with Gasteiger partial charge in [-0.15, -0.1) is 0 Å². The fourth-order valence-electron chi connectivity index (χ4n) is 2.49. The largest absolute Gasteiger partial charge is 2.00 e. The van der Waals surface area contributed by atoms with Gasteiger partial charge in [0.25, 0.3) is 0 Å². The molecular formula is C30H30MnN4O4. The van der Waals surface area contributed by atoms with Crippen LogP contribution in [0, 0.1) is 0 Å². The van der Waals surface area contributed by atoms with Crippen LogP contribution in [0.3, 0.4) is 0 Å². The molecule has 2 aromatic heterocycles. The number of benzene rings is 2. The number of allylic oxidation sites excluding steroid dienone is 2. The van der Waals surface area contributed by atoms with Gasteiger partial charge in [0.2, 0.25) is 0 Å². The second-order valence-electron chi connectivity index (χ2n) is 7.54. The van der Waals surface area contributed by atoms with Gasteiger partial charge in [0, 0.05) is 24.8 Å². The molecule has 4 aromatic rings. The maximum absolute atomic E-state index is 11.2. The Bertz CT molecular complexity index is 1180. The molecule has 39 heavy (non-hydrogen) atoms. The number of nitrogen functional groups attached to an aromatic ring is 2. The van der Waals surface area contributed by atoms with Gasteiger partial charge in [-0.3, -0.25) is 19.6 Å². The van der Waals surface area contributed by atoms with Crippen LogP contribution in [0.25, 0.3) is 11.5 Å². The summed E-state index contributed by atoms with van der Waals surface area (Å²) in [4.78, 5) is 28.6. The van der Waals surface area contributed by atoms with Gasteiger partial charge in [-0.05, 0) is 61.4 Å². The Morgan fingerprint density at radius 3 is 1.15 bits per heavy atom. The van der Waals surface area contributed by atoms with E-state index in [2.05, 4.69) is 9.97 Å². The molecule has 0 unspecified atom stereocenters. The maximum Gasteiger partial charge on any atom is 2.00 e. The Balaban J connectivity index is 0.000000504. The van der Waals surface area contributed by atoms with Gasteiger partial charge in [-0.25, -0.2) is 0 Å². The Morgan fingerprint density at radius 2 is 0.949 bits per heavy atom. The van der Waals surface area contributed by atoms with Crippen LogP contribution in [0.1, 0.15) is 25.0 Å². The summed E-state index contributed by atoms with van der Waals surface area (Å²) < 4.78 is 0. The van der Waals surface area contributed by atoms with Crippen LogP contribution in [0.4, 0.5) is 11.4 Å². The SMILES string of the molecule is CC(=O)/C=C(\[O-])c1ccccc1.CC(=O)/C=C(\[O-])c1ccccc1.Nc1cccnc1.Nc1cccnc1.[Mn+2]. The number of hydrogen-bond acceptors (Lipinski definition) is 8. The summed E-state index contributed by atoms with van der Waals surface area (Å²) in [5.41, 5.74) is 13.1. The van der Waals surface area contributed by atoms with Crippen molar-refractivity contribution in [3.63, 3.8) is 0 Å². The predicted molar refractivity (Wildman–Crippen MR) is 147 cm³/mol. The van der Waals surface area contributed by atoms with Gasteiger partial charge in [0.1, 0.15) is 0 Å². The number of carbonyl (C=O) groups excluding carboxylic acids is 2. The zero-order valence-electron chi connectivity index (χ0n) is 21.6. The van der Waals surface area contributed by atoms with Crippen LogP contribution in [0.5, 0.6) is 0 Å². The minimum absolute atomic E-state index is 0. The van der Waals surface area contributed by atoms with E-state index in [1.807, 2.05) is 12.1 Å². The quantitative estimate of drug-likeness (QED) is 0.217. The third-order valence-electron chi connectivity index (χ3n) is 4.15. The van der Waals surface area contributed by atoms with Gasteiger partial charge in [0.15, 0.2) is 11.6 Å². The Morgan fingerprint density at radius 1 is 0.615 bits per heavy atom. The van der Waals surface area contributed by atoms with E-state index in [0.29, 0.717) is 22.5 Å². The minimum atomic E-state index is -0.233. The first-order valence-corrected chi connectivity index (χ1v) is 11.4. The van der Waals surface area contributed by atoms with Crippen molar-refractivity contribution < 1.29 is 36.9 Å². The predicted octanol–water partition coefficient (Wildman–Crippen LogP) is 3.28. The number of carbonyl (C=O) groups is 2. The third-order valence-corrected chi connectivity index (χ3v) is 4.15. The summed E-state index contributed by atoms with van der Waals surface area (Å²) in [5, 5.41) is 22.4. The first-order chi connectivity index (χ1) is 18.2. The summed E-state index contributed by atoms with van der Waals surface area (Å²) in [7, 11) is 0. The monoisotopic (exact) mass is 565 g/mol. The number of hydrogen-bond donors (Lipinski definition) is 2. The van der Waals surface area contributed by atoms with E-state index in [4.69, 9.17) is 11.5 Å². The van der Waals surface area contributed by atoms with Crippen LogP contribution >= 0.6 is 0 Å². The molecule has 0 bridgehead atoms. The van der Waals surface area contributed by atoms with Crippen molar-refractivity contribution in [1.82, 2.24) is 9.97 Å². The van der Waals surface area contributed by atoms with E-state index in [-0.39, 0.29) is 40.2 Å². The summed E-state index contributed by atoms with van der Waals surface area (Å²) in [5.74, 6) is -0.904. The van der Waals surface area contributed by atoms with Crippen LogP contribution in [-0.4, -0.2) is 21.5 Å². The number of nitrogens with zero attached hydrogens (tertiary/aromatic N) is 2. The summed E-state index contributed by atoms with van der Waals surface area (Å²) in [6.45, 7) is 2.72. The molecule has 0 aliphatic carbocycles. The van der Waals surface area contributed by atoms with Crippen molar-refractivity contribution in [1.29, 1.82) is 0 Å². The number of ketones is 2. The van der Waals surface area contributed by atoms with Crippen molar-refractivity contribution in [2.45, 2.75) is 13.8 Å². The average molecular weight is 566 g/mol. The molecule has 8 nitrogen and oxygen atoms in total. The van der Waals surface area contributed by atoms with E-state index in [1.54, 1.807) is 97.6 Å². The van der Waals surface area contributed by atoms with Gasteiger partial charge < -0.3 is 21.7 Å². The molecule has 2 heterocycles. The van der Waals surface area contributed by atoms with Gasteiger partial charge in [-0.2, -0.15) is 0 Å². The summed E-state index contributed by atoms with van der Waals surface area (Å²) in [6, 6.07) is 24.6. The van der Waals surface area contributed by atoms with E-state index in [9.17, 15) is 19.8 Å². The van der Waals surface area contributed by atoms with Gasteiger partial charge >= 0.3 is 17.1 Å². The average Bonchev–Trinajstić information content (AvgIpc) is 2.91. The Labute approximate surface area is 239 Å². The van der Waals surface area contributed by atoms with Crippen molar-refractivity contribution in [2.75, 3.05) is 11.5 Å². The molecule has 0 spiro atoms. The fourth-order valence-corrected chi connectivity index (χ4v) is 2.49. The molecule has 0 amide bonds. The molecule has 0 saturated carbocycles. The number of nitrogens with two attached hydrogens (primary N) is 2. The molecule has 9 heteroatoms. The second kappa shape index (κ2) is 20.3. The molecule has 4 N–H and O–H groups in total. The van der Waals surface area contributed by atoms with Crippen molar-refractivity contribution in [2.24, 2.45) is 0 Å². The molecule has 2 aromatic carbocycles. The standard InChI is InChI=1S/2C10H10O2.2C5H6N2.Mn/c2*1-8(11)7-10(12)9-5-3-2-4-6-9;2*6-5-2-1-3-7-4-5;/h2*2-7,12H,1H3;2*1-4H,6H2;/q;;;;+2/p-2/b2*10-7-;;;. The van der Waals surface area contributed by atoms with E-state index in [1.165, 1.54) is 13.8 Å². The molecule has 0 aliphatic heterocycles. The van der Waals surface area contributed by atoms with Crippen molar-refractivity contribution >= 4 is 34.5 Å². The van der Waals surface area contributed by atoms with Crippen LogP contribution in [-0.2, 0) is 26.7 Å². The van der Waals surface area contributed by atoms with E-state index in [0.717, 1.165) is 12.2 Å². The topological polar surface area (TPSA) is 158 Å². The minimum Gasteiger partial charge on any atom is -0.872 e. The Kier molecular flexibility index (Phi) is 17.9. The first-order valence-electron chi connectivity index (χ1n) is 11.4. The molecule has 1 radical (unpaired) electrons. The molecule has 0 saturated heterocycles. The van der Waals surface area contributed by atoms with E-state index >= 15 is 0 Å². The number of aromatic nitrogens is 2. The zero-order valence-corrected chi connectivity index (χ0v) is 22.8. The van der Waals surface area contributed by atoms with Crippen LogP contribution in [0.15, 0.2) is 122 Å². The van der Waals surface area contributed by atoms with Crippen molar-refractivity contribution in [3.8, 4) is 0 Å². The number of anilines is 2. The number of rotatable bonds is 4. The maximum atomic E-state index is 11.2. The molecule has 0 fully saturated rings. The normalized spacial score (nSPS) is 10.0. The summed E-state index contributed by atoms with van der Waals surface area (Å²) >= 11 is 0. The smallest absolute Gasteiger partial charge is 0.872 e. The van der Waals surface area contributed by atoms with E-state index < -0.39 is 0 Å². The second-order valence-corrected chi connectivity index (χ2v) is 7.54.